The monoisotopic (exact) mass is 337 g/mol. The molecule has 0 radical (unpaired) electrons. The molecule has 0 spiro atoms. The molecule has 108 valence electrons. The Labute approximate surface area is 128 Å². The van der Waals surface area contributed by atoms with Crippen LogP contribution in [0.3, 0.4) is 0 Å². The van der Waals surface area contributed by atoms with Crippen molar-refractivity contribution in [2.45, 2.75) is 26.3 Å². The Bertz CT molecular complexity index is 565. The van der Waals surface area contributed by atoms with Crippen LogP contribution < -0.4 is 10.1 Å². The molecule has 3 nitrogen and oxygen atoms in total. The van der Waals surface area contributed by atoms with Crippen molar-refractivity contribution in [2.24, 2.45) is 0 Å². The molecule has 0 amide bonds. The molecule has 1 aromatic carbocycles. The number of nitrogens with one attached hydrogen (secondary N) is 1. The lowest BCUT2D eigenvalue weighted by Gasteiger charge is -2.19. The molecule has 2 rings (SSSR count). The third-order valence-corrected chi connectivity index (χ3v) is 3.98. The van der Waals surface area contributed by atoms with Crippen LogP contribution in [0.25, 0.3) is 0 Å². The summed E-state index contributed by atoms with van der Waals surface area (Å²) in [7, 11) is 1.96. The quantitative estimate of drug-likeness (QED) is 0.852. The predicted molar refractivity (Wildman–Crippen MR) is 84.3 cm³/mol. The summed E-state index contributed by atoms with van der Waals surface area (Å²) >= 11 is 3.64. The van der Waals surface area contributed by atoms with Gasteiger partial charge in [0.15, 0.2) is 0 Å². The van der Waals surface area contributed by atoms with E-state index in [0.717, 1.165) is 22.4 Å². The normalized spacial score (nSPS) is 12.4. The van der Waals surface area contributed by atoms with Crippen molar-refractivity contribution < 1.29 is 9.15 Å². The number of aryl methyl sites for hydroxylation is 1. The van der Waals surface area contributed by atoms with Crippen molar-refractivity contribution >= 4 is 15.9 Å². The first kappa shape index (κ1) is 15.1. The van der Waals surface area contributed by atoms with E-state index in [1.807, 2.05) is 32.2 Å². The highest BCUT2D eigenvalue weighted by molar-refractivity contribution is 9.10. The molecule has 0 bridgehead atoms. The predicted octanol–water partition coefficient (Wildman–Crippen LogP) is 4.31. The van der Waals surface area contributed by atoms with Crippen molar-refractivity contribution in [2.75, 3.05) is 13.7 Å². The van der Waals surface area contributed by atoms with E-state index in [9.17, 15) is 0 Å². The Morgan fingerprint density at radius 1 is 1.25 bits per heavy atom. The standard InChI is InChI=1S/C16H20BrNO2/c1-4-15-13(8-9-20-15)16(18-3)12-7-6-11(19-5-2)10-14(12)17/h6-10,16,18H,4-5H2,1-3H3. The second-order valence-electron chi connectivity index (χ2n) is 4.49. The number of hydrogen-bond acceptors (Lipinski definition) is 3. The van der Waals surface area contributed by atoms with E-state index in [4.69, 9.17) is 9.15 Å². The highest BCUT2D eigenvalue weighted by Crippen LogP contribution is 2.33. The van der Waals surface area contributed by atoms with Crippen LogP contribution >= 0.6 is 15.9 Å². The van der Waals surface area contributed by atoms with Crippen LogP contribution in [0.4, 0.5) is 0 Å². The minimum absolute atomic E-state index is 0.105. The van der Waals surface area contributed by atoms with Crippen molar-refractivity contribution in [1.29, 1.82) is 0 Å². The van der Waals surface area contributed by atoms with E-state index < -0.39 is 0 Å². The molecule has 2 aromatic rings. The first-order valence-electron chi connectivity index (χ1n) is 6.87. The van der Waals surface area contributed by atoms with Crippen LogP contribution in [0.15, 0.2) is 39.4 Å². The average Bonchev–Trinajstić information content (AvgIpc) is 2.90. The molecule has 0 aliphatic heterocycles. The Hall–Kier alpha value is -1.26. The van der Waals surface area contributed by atoms with E-state index in [2.05, 4.69) is 34.2 Å². The molecule has 20 heavy (non-hydrogen) atoms. The van der Waals surface area contributed by atoms with Gasteiger partial charge in [-0.2, -0.15) is 0 Å². The molecule has 1 N–H and O–H groups in total. The number of rotatable bonds is 6. The van der Waals surface area contributed by atoms with Crippen LogP contribution in [0.2, 0.25) is 0 Å². The van der Waals surface area contributed by atoms with Crippen molar-refractivity contribution in [3.63, 3.8) is 0 Å². The van der Waals surface area contributed by atoms with Crippen LogP contribution in [-0.2, 0) is 6.42 Å². The zero-order valence-corrected chi connectivity index (χ0v) is 13.7. The Morgan fingerprint density at radius 3 is 2.65 bits per heavy atom. The van der Waals surface area contributed by atoms with Gasteiger partial charge in [0, 0.05) is 16.5 Å². The maximum atomic E-state index is 5.54. The van der Waals surface area contributed by atoms with Gasteiger partial charge in [-0.1, -0.05) is 28.9 Å². The average molecular weight is 338 g/mol. The highest BCUT2D eigenvalue weighted by Gasteiger charge is 2.19. The van der Waals surface area contributed by atoms with Crippen LogP contribution in [-0.4, -0.2) is 13.7 Å². The zero-order valence-electron chi connectivity index (χ0n) is 12.1. The molecule has 0 saturated carbocycles. The van der Waals surface area contributed by atoms with Gasteiger partial charge >= 0.3 is 0 Å². The fourth-order valence-corrected chi connectivity index (χ4v) is 2.96. The molecule has 4 heteroatoms. The first-order chi connectivity index (χ1) is 9.71. The van der Waals surface area contributed by atoms with Gasteiger partial charge in [-0.15, -0.1) is 0 Å². The van der Waals surface area contributed by atoms with Gasteiger partial charge in [-0.3, -0.25) is 0 Å². The van der Waals surface area contributed by atoms with E-state index in [1.54, 1.807) is 6.26 Å². The van der Waals surface area contributed by atoms with Crippen LogP contribution in [0.5, 0.6) is 5.75 Å². The number of halogens is 1. The minimum Gasteiger partial charge on any atom is -0.494 e. The summed E-state index contributed by atoms with van der Waals surface area (Å²) in [5.41, 5.74) is 2.35. The third kappa shape index (κ3) is 3.07. The summed E-state index contributed by atoms with van der Waals surface area (Å²) in [5, 5.41) is 3.36. The van der Waals surface area contributed by atoms with Gasteiger partial charge in [0.2, 0.25) is 0 Å². The smallest absolute Gasteiger partial charge is 0.120 e. The van der Waals surface area contributed by atoms with Gasteiger partial charge in [-0.05, 0) is 37.7 Å². The number of hydrogen-bond donors (Lipinski definition) is 1. The summed E-state index contributed by atoms with van der Waals surface area (Å²) in [6, 6.07) is 8.23. The van der Waals surface area contributed by atoms with Crippen molar-refractivity contribution in [3.05, 3.63) is 51.9 Å². The lowest BCUT2D eigenvalue weighted by atomic mass is 9.98. The van der Waals surface area contributed by atoms with Gasteiger partial charge in [0.05, 0.1) is 18.9 Å². The van der Waals surface area contributed by atoms with E-state index in [-0.39, 0.29) is 6.04 Å². The van der Waals surface area contributed by atoms with Gasteiger partial charge < -0.3 is 14.5 Å². The summed E-state index contributed by atoms with van der Waals surface area (Å²) in [6.45, 7) is 4.75. The molecule has 1 unspecified atom stereocenters. The zero-order chi connectivity index (χ0) is 14.5. The molecule has 0 saturated heterocycles. The van der Waals surface area contributed by atoms with E-state index in [1.165, 1.54) is 11.1 Å². The Kier molecular flexibility index (Phi) is 5.26. The topological polar surface area (TPSA) is 34.4 Å². The van der Waals surface area contributed by atoms with Gasteiger partial charge in [0.1, 0.15) is 11.5 Å². The third-order valence-electron chi connectivity index (χ3n) is 3.29. The van der Waals surface area contributed by atoms with E-state index >= 15 is 0 Å². The van der Waals surface area contributed by atoms with Gasteiger partial charge in [-0.25, -0.2) is 0 Å². The number of benzene rings is 1. The summed E-state index contributed by atoms with van der Waals surface area (Å²) < 4.78 is 12.1. The van der Waals surface area contributed by atoms with Crippen LogP contribution in [0.1, 0.15) is 36.8 Å². The summed E-state index contributed by atoms with van der Waals surface area (Å²) in [6.07, 6.45) is 2.64. The maximum Gasteiger partial charge on any atom is 0.120 e. The lowest BCUT2D eigenvalue weighted by molar-refractivity contribution is 0.340. The second kappa shape index (κ2) is 6.95. The molecular weight excluding hydrogens is 318 g/mol. The molecular formula is C16H20BrNO2. The van der Waals surface area contributed by atoms with Gasteiger partial charge in [0.25, 0.3) is 0 Å². The highest BCUT2D eigenvalue weighted by atomic mass is 79.9. The molecule has 0 aliphatic rings. The number of ether oxygens (including phenoxy) is 1. The molecule has 1 heterocycles. The maximum absolute atomic E-state index is 5.54. The van der Waals surface area contributed by atoms with E-state index in [0.29, 0.717) is 6.61 Å². The van der Waals surface area contributed by atoms with Crippen molar-refractivity contribution in [3.8, 4) is 5.75 Å². The second-order valence-corrected chi connectivity index (χ2v) is 5.35. The first-order valence-corrected chi connectivity index (χ1v) is 7.66. The molecule has 0 fully saturated rings. The van der Waals surface area contributed by atoms with Crippen molar-refractivity contribution in [1.82, 2.24) is 5.32 Å². The lowest BCUT2D eigenvalue weighted by Crippen LogP contribution is -2.18. The Morgan fingerprint density at radius 2 is 2.05 bits per heavy atom. The molecule has 1 atom stereocenters. The fraction of sp³-hybridized carbons (Fsp3) is 0.375. The number of furan rings is 1. The largest absolute Gasteiger partial charge is 0.494 e. The SMILES string of the molecule is CCOc1ccc(C(NC)c2ccoc2CC)c(Br)c1. The summed E-state index contributed by atoms with van der Waals surface area (Å²) in [4.78, 5) is 0. The Balaban J connectivity index is 2.37. The van der Waals surface area contributed by atoms with Crippen LogP contribution in [0, 0.1) is 0 Å². The summed E-state index contributed by atoms with van der Waals surface area (Å²) in [5.74, 6) is 1.89. The minimum atomic E-state index is 0.105. The molecule has 1 aromatic heterocycles. The fourth-order valence-electron chi connectivity index (χ4n) is 2.37. The molecule has 0 aliphatic carbocycles.